The zero-order valence-electron chi connectivity index (χ0n) is 7.52. The van der Waals surface area contributed by atoms with E-state index in [0.29, 0.717) is 5.76 Å². The van der Waals surface area contributed by atoms with Gasteiger partial charge in [-0.25, -0.2) is 0 Å². The second kappa shape index (κ2) is 3.86. The Morgan fingerprint density at radius 1 is 1.43 bits per heavy atom. The van der Waals surface area contributed by atoms with Gasteiger partial charge in [0.1, 0.15) is 5.76 Å². The molecule has 0 atom stereocenters. The fourth-order valence-electron chi connectivity index (χ4n) is 0.963. The van der Waals surface area contributed by atoms with Crippen LogP contribution >= 0.6 is 0 Å². The number of aryl methyl sites for hydroxylation is 1. The van der Waals surface area contributed by atoms with Crippen LogP contribution in [0.4, 0.5) is 13.2 Å². The molecule has 2 nitrogen and oxygen atoms in total. The lowest BCUT2D eigenvalue weighted by molar-refractivity contribution is -0.133. The molecule has 0 radical (unpaired) electrons. The van der Waals surface area contributed by atoms with Crippen molar-refractivity contribution >= 4 is 5.78 Å². The molecule has 0 aliphatic carbocycles. The van der Waals surface area contributed by atoms with Crippen molar-refractivity contribution in [2.24, 2.45) is 0 Å². The molecule has 0 fully saturated rings. The van der Waals surface area contributed by atoms with E-state index in [1.807, 2.05) is 0 Å². The molecule has 0 unspecified atom stereocenters. The number of carbonyl (C=O) groups is 1. The summed E-state index contributed by atoms with van der Waals surface area (Å²) < 4.78 is 40.2. The Kier molecular flexibility index (Phi) is 2.98. The lowest BCUT2D eigenvalue weighted by Gasteiger charge is -2.03. The largest absolute Gasteiger partial charge is 0.458 e. The van der Waals surface area contributed by atoms with Gasteiger partial charge in [0.05, 0.1) is 6.42 Å². The molecule has 1 heterocycles. The van der Waals surface area contributed by atoms with Gasteiger partial charge in [0.25, 0.3) is 0 Å². The van der Waals surface area contributed by atoms with E-state index in [1.54, 1.807) is 13.0 Å². The van der Waals surface area contributed by atoms with E-state index in [2.05, 4.69) is 0 Å². The van der Waals surface area contributed by atoms with Gasteiger partial charge in [-0.1, -0.05) is 0 Å². The van der Waals surface area contributed by atoms with Crippen LogP contribution in [-0.2, 0) is 0 Å². The molecule has 0 saturated carbocycles. The first-order valence-corrected chi connectivity index (χ1v) is 4.05. The summed E-state index contributed by atoms with van der Waals surface area (Å²) in [5.74, 6) is -0.109. The highest BCUT2D eigenvalue weighted by atomic mass is 19.4. The van der Waals surface area contributed by atoms with Crippen LogP contribution in [0.2, 0.25) is 0 Å². The number of furan rings is 1. The van der Waals surface area contributed by atoms with Crippen molar-refractivity contribution in [2.45, 2.75) is 25.9 Å². The molecule has 0 bridgehead atoms. The van der Waals surface area contributed by atoms with Gasteiger partial charge in [-0.3, -0.25) is 4.79 Å². The van der Waals surface area contributed by atoms with Crippen LogP contribution in [-0.4, -0.2) is 12.0 Å². The summed E-state index contributed by atoms with van der Waals surface area (Å²) in [6, 6.07) is 2.93. The molecule has 1 aromatic rings. The lowest BCUT2D eigenvalue weighted by Crippen LogP contribution is -2.10. The van der Waals surface area contributed by atoms with Crippen molar-refractivity contribution < 1.29 is 22.4 Å². The standard InChI is InChI=1S/C9H9F3O2/c1-6-2-3-8(14-6)7(13)4-5-9(10,11)12/h2-3H,4-5H2,1H3. The van der Waals surface area contributed by atoms with E-state index >= 15 is 0 Å². The number of hydrogen-bond donors (Lipinski definition) is 0. The minimum absolute atomic E-state index is 0.00764. The summed E-state index contributed by atoms with van der Waals surface area (Å²) in [6.45, 7) is 1.63. The van der Waals surface area contributed by atoms with Gasteiger partial charge < -0.3 is 4.42 Å². The summed E-state index contributed by atoms with van der Waals surface area (Å²) in [4.78, 5) is 11.1. The monoisotopic (exact) mass is 206 g/mol. The van der Waals surface area contributed by atoms with Crippen LogP contribution < -0.4 is 0 Å². The minimum Gasteiger partial charge on any atom is -0.458 e. The van der Waals surface area contributed by atoms with Crippen molar-refractivity contribution in [3.8, 4) is 0 Å². The Bertz CT molecular complexity index is 325. The van der Waals surface area contributed by atoms with Crippen LogP contribution in [0.15, 0.2) is 16.5 Å². The average Bonchev–Trinajstić information content (AvgIpc) is 2.46. The number of carbonyl (C=O) groups excluding carboxylic acids is 1. The second-order valence-corrected chi connectivity index (χ2v) is 2.95. The molecule has 0 saturated heterocycles. The molecule has 0 amide bonds. The Balaban J connectivity index is 2.52. The van der Waals surface area contributed by atoms with E-state index in [1.165, 1.54) is 6.07 Å². The number of halogens is 3. The van der Waals surface area contributed by atoms with Gasteiger partial charge in [0, 0.05) is 6.42 Å². The molecule has 14 heavy (non-hydrogen) atoms. The van der Waals surface area contributed by atoms with Gasteiger partial charge >= 0.3 is 6.18 Å². The highest BCUT2D eigenvalue weighted by Crippen LogP contribution is 2.22. The number of hydrogen-bond acceptors (Lipinski definition) is 2. The van der Waals surface area contributed by atoms with Crippen LogP contribution in [0.1, 0.15) is 29.2 Å². The first-order chi connectivity index (χ1) is 6.38. The third-order valence-corrected chi connectivity index (χ3v) is 1.65. The van der Waals surface area contributed by atoms with Gasteiger partial charge in [0.15, 0.2) is 11.5 Å². The molecule has 0 spiro atoms. The van der Waals surface area contributed by atoms with Gasteiger partial charge in [-0.05, 0) is 19.1 Å². The number of rotatable bonds is 3. The maximum absolute atomic E-state index is 11.8. The zero-order chi connectivity index (χ0) is 10.8. The van der Waals surface area contributed by atoms with Crippen molar-refractivity contribution in [1.29, 1.82) is 0 Å². The molecule has 0 aromatic carbocycles. The van der Waals surface area contributed by atoms with E-state index in [9.17, 15) is 18.0 Å². The quantitative estimate of drug-likeness (QED) is 0.711. The Hall–Kier alpha value is -1.26. The van der Waals surface area contributed by atoms with E-state index in [-0.39, 0.29) is 5.76 Å². The second-order valence-electron chi connectivity index (χ2n) is 2.95. The maximum Gasteiger partial charge on any atom is 0.389 e. The fraction of sp³-hybridized carbons (Fsp3) is 0.444. The van der Waals surface area contributed by atoms with Gasteiger partial charge in [-0.2, -0.15) is 13.2 Å². The average molecular weight is 206 g/mol. The van der Waals surface area contributed by atoms with E-state index in [0.717, 1.165) is 0 Å². The van der Waals surface area contributed by atoms with Crippen molar-refractivity contribution in [3.05, 3.63) is 23.7 Å². The smallest absolute Gasteiger partial charge is 0.389 e. The third kappa shape index (κ3) is 3.24. The molecule has 5 heteroatoms. The normalized spacial score (nSPS) is 11.7. The van der Waals surface area contributed by atoms with E-state index in [4.69, 9.17) is 4.42 Å². The summed E-state index contributed by atoms with van der Waals surface area (Å²) in [5.41, 5.74) is 0. The predicted molar refractivity (Wildman–Crippen MR) is 43.1 cm³/mol. The van der Waals surface area contributed by atoms with Crippen molar-refractivity contribution in [1.82, 2.24) is 0 Å². The molecular weight excluding hydrogens is 197 g/mol. The third-order valence-electron chi connectivity index (χ3n) is 1.65. The van der Waals surface area contributed by atoms with Crippen LogP contribution in [0.3, 0.4) is 0 Å². The van der Waals surface area contributed by atoms with Crippen LogP contribution in [0.5, 0.6) is 0 Å². The molecule has 0 N–H and O–H groups in total. The summed E-state index contributed by atoms with van der Waals surface area (Å²) in [7, 11) is 0. The maximum atomic E-state index is 11.8. The Morgan fingerprint density at radius 3 is 2.50 bits per heavy atom. The summed E-state index contributed by atoms with van der Waals surface area (Å²) >= 11 is 0. The van der Waals surface area contributed by atoms with E-state index < -0.39 is 24.8 Å². The molecule has 78 valence electrons. The fourth-order valence-corrected chi connectivity index (χ4v) is 0.963. The Morgan fingerprint density at radius 2 is 2.07 bits per heavy atom. The topological polar surface area (TPSA) is 30.2 Å². The van der Waals surface area contributed by atoms with Crippen LogP contribution in [0.25, 0.3) is 0 Å². The predicted octanol–water partition coefficient (Wildman–Crippen LogP) is 3.11. The van der Waals surface area contributed by atoms with Gasteiger partial charge in [-0.15, -0.1) is 0 Å². The highest BCUT2D eigenvalue weighted by Gasteiger charge is 2.28. The number of alkyl halides is 3. The number of ketones is 1. The summed E-state index contributed by atoms with van der Waals surface area (Å²) in [6.07, 6.45) is -5.96. The zero-order valence-corrected chi connectivity index (χ0v) is 7.52. The number of Topliss-reactive ketones (excluding diaryl/α,β-unsaturated/α-hetero) is 1. The first kappa shape index (κ1) is 10.8. The molecule has 1 aromatic heterocycles. The lowest BCUT2D eigenvalue weighted by atomic mass is 10.2. The van der Waals surface area contributed by atoms with Crippen LogP contribution in [0, 0.1) is 6.92 Å². The molecule has 0 aliphatic rings. The molecular formula is C9H9F3O2. The summed E-state index contributed by atoms with van der Waals surface area (Å²) in [5, 5.41) is 0. The molecule has 1 rings (SSSR count). The van der Waals surface area contributed by atoms with Crippen molar-refractivity contribution in [3.63, 3.8) is 0 Å². The minimum atomic E-state index is -4.29. The van der Waals surface area contributed by atoms with Gasteiger partial charge in [0.2, 0.25) is 0 Å². The van der Waals surface area contributed by atoms with Crippen molar-refractivity contribution in [2.75, 3.05) is 0 Å². The molecule has 0 aliphatic heterocycles. The first-order valence-electron chi connectivity index (χ1n) is 4.05. The Labute approximate surface area is 78.7 Å². The SMILES string of the molecule is Cc1ccc(C(=O)CCC(F)(F)F)o1. The highest BCUT2D eigenvalue weighted by molar-refractivity contribution is 5.93.